The van der Waals surface area contributed by atoms with Crippen LogP contribution < -0.4 is 9.46 Å². The highest BCUT2D eigenvalue weighted by Crippen LogP contribution is 2.28. The van der Waals surface area contributed by atoms with Gasteiger partial charge in [-0.25, -0.2) is 13.1 Å². The minimum absolute atomic E-state index is 0.260. The van der Waals surface area contributed by atoms with Crippen molar-refractivity contribution < 1.29 is 17.7 Å². The van der Waals surface area contributed by atoms with Gasteiger partial charge in [0.25, 0.3) is 0 Å². The van der Waals surface area contributed by atoms with Gasteiger partial charge in [0.15, 0.2) is 5.76 Å². The van der Waals surface area contributed by atoms with Crippen molar-refractivity contribution in [3.05, 3.63) is 71.0 Å². The summed E-state index contributed by atoms with van der Waals surface area (Å²) in [5.41, 5.74) is 4.68. The van der Waals surface area contributed by atoms with Crippen molar-refractivity contribution >= 4 is 10.0 Å². The number of aromatic nitrogens is 1. The van der Waals surface area contributed by atoms with Gasteiger partial charge in [-0.05, 0) is 31.0 Å². The summed E-state index contributed by atoms with van der Waals surface area (Å²) in [5.74, 6) is 0.922. The van der Waals surface area contributed by atoms with E-state index in [1.165, 1.54) is 0 Å². The van der Waals surface area contributed by atoms with Gasteiger partial charge in [0.1, 0.15) is 17.2 Å². The van der Waals surface area contributed by atoms with Crippen LogP contribution in [-0.2, 0) is 22.2 Å². The molecule has 0 unspecified atom stereocenters. The normalized spacial score (nSPS) is 14.5. The molecule has 1 atom stereocenters. The molecule has 0 radical (unpaired) electrons. The Morgan fingerprint density at radius 2 is 1.93 bits per heavy atom. The van der Waals surface area contributed by atoms with E-state index in [9.17, 15) is 8.42 Å². The molecule has 0 fully saturated rings. The molecule has 1 aromatic heterocycles. The third kappa shape index (κ3) is 4.10. The number of nitrogens with one attached hydrogen (secondary N) is 1. The van der Waals surface area contributed by atoms with E-state index in [0.717, 1.165) is 34.4 Å². The van der Waals surface area contributed by atoms with E-state index < -0.39 is 10.0 Å². The number of aryl methyl sites for hydroxylation is 1. The van der Waals surface area contributed by atoms with Crippen LogP contribution in [0, 0.1) is 6.92 Å². The molecule has 1 N–H and O–H groups in total. The number of nitrogens with zero attached hydrogens (tertiary/aromatic N) is 1. The van der Waals surface area contributed by atoms with E-state index in [2.05, 4.69) is 9.88 Å². The maximum atomic E-state index is 12.6. The molecule has 146 valence electrons. The lowest BCUT2D eigenvalue weighted by Crippen LogP contribution is -2.28. The number of rotatable bonds is 6. The summed E-state index contributed by atoms with van der Waals surface area (Å²) >= 11 is 0. The minimum Gasteiger partial charge on any atom is -0.493 e. The van der Waals surface area contributed by atoms with Crippen LogP contribution in [0.15, 0.2) is 53.1 Å². The number of sulfonamides is 1. The second kappa shape index (κ2) is 7.41. The summed E-state index contributed by atoms with van der Waals surface area (Å²) in [4.78, 5) is 0. The van der Waals surface area contributed by atoms with Gasteiger partial charge in [0.2, 0.25) is 10.0 Å². The van der Waals surface area contributed by atoms with E-state index in [0.29, 0.717) is 18.1 Å². The SMILES string of the molecule is Cc1ccc(-c2cc(CS(=O)(=O)N[C@H](C)c3ccc4c(c3)CCO4)on2)cc1. The predicted octanol–water partition coefficient (Wildman–Crippen LogP) is 3.77. The molecule has 28 heavy (non-hydrogen) atoms. The van der Waals surface area contributed by atoms with Gasteiger partial charge < -0.3 is 9.26 Å². The highest BCUT2D eigenvalue weighted by molar-refractivity contribution is 7.88. The van der Waals surface area contributed by atoms with Gasteiger partial charge in [-0.3, -0.25) is 0 Å². The molecule has 2 aromatic carbocycles. The topological polar surface area (TPSA) is 81.4 Å². The molecule has 0 bridgehead atoms. The first-order valence-electron chi connectivity index (χ1n) is 9.18. The first kappa shape index (κ1) is 18.7. The highest BCUT2D eigenvalue weighted by atomic mass is 32.2. The zero-order valence-electron chi connectivity index (χ0n) is 15.8. The molecule has 1 aliphatic rings. The number of fused-ring (bicyclic) bond motifs is 1. The van der Waals surface area contributed by atoms with Gasteiger partial charge in [0.05, 0.1) is 6.61 Å². The number of hydrogen-bond donors (Lipinski definition) is 1. The Kier molecular flexibility index (Phi) is 4.95. The fourth-order valence-corrected chi connectivity index (χ4v) is 4.55. The van der Waals surface area contributed by atoms with Crippen molar-refractivity contribution in [1.82, 2.24) is 9.88 Å². The Labute approximate surface area is 164 Å². The molecule has 0 saturated carbocycles. The van der Waals surface area contributed by atoms with Crippen LogP contribution in [0.3, 0.4) is 0 Å². The van der Waals surface area contributed by atoms with Crippen LogP contribution in [0.5, 0.6) is 5.75 Å². The van der Waals surface area contributed by atoms with Gasteiger partial charge in [0, 0.05) is 24.1 Å². The van der Waals surface area contributed by atoms with Gasteiger partial charge in [-0.2, -0.15) is 0 Å². The third-order valence-electron chi connectivity index (χ3n) is 4.81. The van der Waals surface area contributed by atoms with E-state index in [4.69, 9.17) is 9.26 Å². The van der Waals surface area contributed by atoms with Gasteiger partial charge in [-0.1, -0.05) is 47.1 Å². The minimum atomic E-state index is -3.59. The predicted molar refractivity (Wildman–Crippen MR) is 106 cm³/mol. The van der Waals surface area contributed by atoms with Crippen LogP contribution in [0.4, 0.5) is 0 Å². The lowest BCUT2D eigenvalue weighted by molar-refractivity contribution is 0.357. The summed E-state index contributed by atoms with van der Waals surface area (Å²) in [7, 11) is -3.59. The molecule has 0 aliphatic carbocycles. The lowest BCUT2D eigenvalue weighted by Gasteiger charge is -2.15. The van der Waals surface area contributed by atoms with Gasteiger partial charge in [-0.15, -0.1) is 0 Å². The van der Waals surface area contributed by atoms with E-state index in [1.807, 2.05) is 56.3 Å². The average Bonchev–Trinajstić information content (AvgIpc) is 3.30. The van der Waals surface area contributed by atoms with Crippen LogP contribution in [0.2, 0.25) is 0 Å². The second-order valence-electron chi connectivity index (χ2n) is 7.11. The Hall–Kier alpha value is -2.64. The van der Waals surface area contributed by atoms with Crippen molar-refractivity contribution in [3.8, 4) is 17.0 Å². The van der Waals surface area contributed by atoms with Crippen LogP contribution in [-0.4, -0.2) is 20.2 Å². The summed E-state index contributed by atoms with van der Waals surface area (Å²) in [6.07, 6.45) is 0.850. The summed E-state index contributed by atoms with van der Waals surface area (Å²) in [5, 5.41) is 4.00. The molecule has 7 heteroatoms. The molecule has 1 aliphatic heterocycles. The Bertz CT molecular complexity index is 1090. The smallest absolute Gasteiger partial charge is 0.219 e. The third-order valence-corrected chi connectivity index (χ3v) is 6.19. The second-order valence-corrected chi connectivity index (χ2v) is 8.86. The van der Waals surface area contributed by atoms with Crippen molar-refractivity contribution in [2.24, 2.45) is 0 Å². The molecule has 0 spiro atoms. The Balaban J connectivity index is 1.45. The average molecular weight is 398 g/mol. The Morgan fingerprint density at radius 3 is 2.71 bits per heavy atom. The first-order chi connectivity index (χ1) is 13.4. The Morgan fingerprint density at radius 1 is 1.14 bits per heavy atom. The molecular formula is C21H22N2O4S. The zero-order chi connectivity index (χ0) is 19.7. The molecule has 3 aromatic rings. The number of ether oxygens (including phenoxy) is 1. The first-order valence-corrected chi connectivity index (χ1v) is 10.8. The van der Waals surface area contributed by atoms with Crippen molar-refractivity contribution in [2.75, 3.05) is 6.61 Å². The van der Waals surface area contributed by atoms with Crippen molar-refractivity contribution in [1.29, 1.82) is 0 Å². The standard InChI is InChI=1S/C21H22N2O4S/c1-14-3-5-16(6-4-14)20-12-19(27-22-20)13-28(24,25)23-15(2)17-7-8-21-18(11-17)9-10-26-21/h3-8,11-12,15,23H,9-10,13H2,1-2H3/t15-/m1/s1. The quantitative estimate of drug-likeness (QED) is 0.684. The largest absolute Gasteiger partial charge is 0.493 e. The molecule has 6 nitrogen and oxygen atoms in total. The fourth-order valence-electron chi connectivity index (χ4n) is 3.28. The molecule has 4 rings (SSSR count). The van der Waals surface area contributed by atoms with Gasteiger partial charge >= 0.3 is 0 Å². The molecule has 0 saturated heterocycles. The van der Waals surface area contributed by atoms with Crippen LogP contribution in [0.1, 0.15) is 35.4 Å². The van der Waals surface area contributed by atoms with Crippen LogP contribution >= 0.6 is 0 Å². The summed E-state index contributed by atoms with van der Waals surface area (Å²) in [6, 6.07) is 14.9. The maximum Gasteiger partial charge on any atom is 0.219 e. The fraction of sp³-hybridized carbons (Fsp3) is 0.286. The van der Waals surface area contributed by atoms with Crippen molar-refractivity contribution in [2.45, 2.75) is 32.1 Å². The van der Waals surface area contributed by atoms with E-state index >= 15 is 0 Å². The molecule has 0 amide bonds. The number of benzene rings is 2. The summed E-state index contributed by atoms with van der Waals surface area (Å²) < 4.78 is 38.6. The van der Waals surface area contributed by atoms with Crippen LogP contribution in [0.25, 0.3) is 11.3 Å². The van der Waals surface area contributed by atoms with Crippen molar-refractivity contribution in [3.63, 3.8) is 0 Å². The summed E-state index contributed by atoms with van der Waals surface area (Å²) in [6.45, 7) is 4.51. The number of hydrogen-bond acceptors (Lipinski definition) is 5. The zero-order valence-corrected chi connectivity index (χ0v) is 16.6. The van der Waals surface area contributed by atoms with E-state index in [1.54, 1.807) is 6.07 Å². The van der Waals surface area contributed by atoms with E-state index in [-0.39, 0.29) is 11.8 Å². The highest BCUT2D eigenvalue weighted by Gasteiger charge is 2.21. The maximum absolute atomic E-state index is 12.6. The lowest BCUT2D eigenvalue weighted by atomic mass is 10.0. The monoisotopic (exact) mass is 398 g/mol. The molecular weight excluding hydrogens is 376 g/mol. The molecule has 2 heterocycles.